The number of benzene rings is 1. The van der Waals surface area contributed by atoms with Crippen molar-refractivity contribution < 1.29 is 4.79 Å². The van der Waals surface area contributed by atoms with Gasteiger partial charge in [-0.3, -0.25) is 4.79 Å². The van der Waals surface area contributed by atoms with Gasteiger partial charge in [-0.05, 0) is 44.7 Å². The number of carbonyl (C=O) groups excluding carboxylic acids is 1. The molecule has 23 heavy (non-hydrogen) atoms. The third-order valence-electron chi connectivity index (χ3n) is 3.86. The molecule has 1 aliphatic rings. The van der Waals surface area contributed by atoms with Gasteiger partial charge in [-0.15, -0.1) is 0 Å². The standard InChI is InChI=1S/C17H19N3O2S/c1-11-6-8-12(9-7-11)18-15(21)10-23-16-13-4-2-3-5-14(13)19-17(22)20-16/h6-9H,2-5,10H2,1H3,(H,18,21)(H,19,20,22). The van der Waals surface area contributed by atoms with E-state index >= 15 is 0 Å². The number of rotatable bonds is 4. The Kier molecular flexibility index (Phi) is 4.81. The maximum atomic E-state index is 12.1. The molecule has 120 valence electrons. The van der Waals surface area contributed by atoms with Crippen LogP contribution in [-0.4, -0.2) is 21.6 Å². The Balaban J connectivity index is 1.66. The summed E-state index contributed by atoms with van der Waals surface area (Å²) in [6.07, 6.45) is 3.99. The first-order valence-electron chi connectivity index (χ1n) is 7.73. The molecule has 1 aliphatic carbocycles. The summed E-state index contributed by atoms with van der Waals surface area (Å²) >= 11 is 1.34. The molecule has 2 aromatic rings. The maximum Gasteiger partial charge on any atom is 0.346 e. The molecule has 3 rings (SSSR count). The van der Waals surface area contributed by atoms with Gasteiger partial charge in [0.2, 0.25) is 5.91 Å². The van der Waals surface area contributed by atoms with E-state index in [2.05, 4.69) is 15.3 Å². The Morgan fingerprint density at radius 2 is 2.00 bits per heavy atom. The second-order valence-electron chi connectivity index (χ2n) is 5.71. The fourth-order valence-electron chi connectivity index (χ4n) is 2.68. The normalized spacial score (nSPS) is 13.4. The Morgan fingerprint density at radius 1 is 1.26 bits per heavy atom. The van der Waals surface area contributed by atoms with E-state index in [9.17, 15) is 9.59 Å². The van der Waals surface area contributed by atoms with Gasteiger partial charge < -0.3 is 10.3 Å². The highest BCUT2D eigenvalue weighted by Gasteiger charge is 2.17. The molecule has 2 N–H and O–H groups in total. The number of nitrogens with one attached hydrogen (secondary N) is 2. The van der Waals surface area contributed by atoms with Crippen LogP contribution in [0, 0.1) is 6.92 Å². The average Bonchev–Trinajstić information content (AvgIpc) is 2.54. The van der Waals surface area contributed by atoms with Gasteiger partial charge in [-0.2, -0.15) is 4.98 Å². The lowest BCUT2D eigenvalue weighted by Gasteiger charge is -2.17. The van der Waals surface area contributed by atoms with Crippen LogP contribution in [0.15, 0.2) is 34.1 Å². The topological polar surface area (TPSA) is 74.8 Å². The van der Waals surface area contributed by atoms with Crippen LogP contribution in [0.4, 0.5) is 5.69 Å². The van der Waals surface area contributed by atoms with Gasteiger partial charge in [-0.1, -0.05) is 29.5 Å². The second-order valence-corrected chi connectivity index (χ2v) is 6.68. The van der Waals surface area contributed by atoms with Crippen molar-refractivity contribution in [2.75, 3.05) is 11.1 Å². The molecular formula is C17H19N3O2S. The summed E-state index contributed by atoms with van der Waals surface area (Å²) in [5, 5.41) is 3.56. The maximum absolute atomic E-state index is 12.1. The first kappa shape index (κ1) is 15.8. The van der Waals surface area contributed by atoms with Crippen LogP contribution in [0.1, 0.15) is 29.7 Å². The Morgan fingerprint density at radius 3 is 2.78 bits per heavy atom. The van der Waals surface area contributed by atoms with E-state index < -0.39 is 0 Å². The number of anilines is 1. The number of amides is 1. The highest BCUT2D eigenvalue weighted by atomic mass is 32.2. The van der Waals surface area contributed by atoms with Crippen molar-refractivity contribution in [3.05, 3.63) is 51.6 Å². The molecule has 0 aliphatic heterocycles. The monoisotopic (exact) mass is 329 g/mol. The number of H-pyrrole nitrogens is 1. The summed E-state index contributed by atoms with van der Waals surface area (Å²) in [4.78, 5) is 30.6. The molecule has 0 unspecified atom stereocenters. The van der Waals surface area contributed by atoms with Crippen molar-refractivity contribution in [3.8, 4) is 0 Å². The summed E-state index contributed by atoms with van der Waals surface area (Å²) in [5.74, 6) is 0.155. The molecule has 0 fully saturated rings. The van der Waals surface area contributed by atoms with Crippen LogP contribution in [0.25, 0.3) is 0 Å². The van der Waals surface area contributed by atoms with Gasteiger partial charge in [0, 0.05) is 16.9 Å². The summed E-state index contributed by atoms with van der Waals surface area (Å²) in [7, 11) is 0. The molecule has 1 aromatic carbocycles. The van der Waals surface area contributed by atoms with Gasteiger partial charge in [0.1, 0.15) is 5.03 Å². The van der Waals surface area contributed by atoms with Gasteiger partial charge in [0.05, 0.1) is 5.75 Å². The van der Waals surface area contributed by atoms with E-state index in [1.54, 1.807) is 0 Å². The molecule has 1 heterocycles. The van der Waals surface area contributed by atoms with Crippen molar-refractivity contribution in [2.45, 2.75) is 37.6 Å². The van der Waals surface area contributed by atoms with Crippen LogP contribution in [-0.2, 0) is 17.6 Å². The van der Waals surface area contributed by atoms with Crippen LogP contribution < -0.4 is 11.0 Å². The largest absolute Gasteiger partial charge is 0.346 e. The van der Waals surface area contributed by atoms with Gasteiger partial charge in [0.15, 0.2) is 0 Å². The Bertz CT molecular complexity index is 768. The van der Waals surface area contributed by atoms with Crippen molar-refractivity contribution in [1.82, 2.24) is 9.97 Å². The van der Waals surface area contributed by atoms with Crippen molar-refractivity contribution in [2.24, 2.45) is 0 Å². The third kappa shape index (κ3) is 4.01. The minimum absolute atomic E-state index is 0.0921. The number of aromatic nitrogens is 2. The number of nitrogens with zero attached hydrogens (tertiary/aromatic N) is 1. The summed E-state index contributed by atoms with van der Waals surface area (Å²) < 4.78 is 0. The lowest BCUT2D eigenvalue weighted by Crippen LogP contribution is -2.20. The van der Waals surface area contributed by atoms with Crippen LogP contribution in [0.3, 0.4) is 0 Å². The van der Waals surface area contributed by atoms with E-state index in [0.717, 1.165) is 48.2 Å². The molecule has 6 heteroatoms. The Labute approximate surface area is 138 Å². The minimum Gasteiger partial charge on any atom is -0.325 e. The molecule has 1 amide bonds. The van der Waals surface area contributed by atoms with E-state index in [0.29, 0.717) is 5.03 Å². The molecule has 5 nitrogen and oxygen atoms in total. The molecular weight excluding hydrogens is 310 g/mol. The van der Waals surface area contributed by atoms with Crippen molar-refractivity contribution in [3.63, 3.8) is 0 Å². The Hall–Kier alpha value is -2.08. The van der Waals surface area contributed by atoms with Crippen molar-refractivity contribution >= 4 is 23.4 Å². The second kappa shape index (κ2) is 7.00. The smallest absolute Gasteiger partial charge is 0.325 e. The number of fused-ring (bicyclic) bond motifs is 1. The summed E-state index contributed by atoms with van der Waals surface area (Å²) in [6.45, 7) is 2.00. The number of carbonyl (C=O) groups is 1. The van der Waals surface area contributed by atoms with Crippen molar-refractivity contribution in [1.29, 1.82) is 0 Å². The minimum atomic E-state index is -0.327. The molecule has 0 spiro atoms. The quantitative estimate of drug-likeness (QED) is 0.668. The number of thioether (sulfide) groups is 1. The first-order valence-corrected chi connectivity index (χ1v) is 8.72. The number of hydrogen-bond donors (Lipinski definition) is 2. The SMILES string of the molecule is Cc1ccc(NC(=O)CSc2nc(=O)[nH]c3c2CCCC3)cc1. The molecule has 0 radical (unpaired) electrons. The number of aryl methyl sites for hydroxylation is 2. The van der Waals surface area contributed by atoms with Gasteiger partial charge in [-0.25, -0.2) is 4.79 Å². The predicted octanol–water partition coefficient (Wildman–Crippen LogP) is 2.69. The molecule has 1 aromatic heterocycles. The fourth-order valence-corrected chi connectivity index (χ4v) is 3.57. The summed E-state index contributed by atoms with van der Waals surface area (Å²) in [5.41, 5.74) is 3.69. The van der Waals surface area contributed by atoms with E-state index in [4.69, 9.17) is 0 Å². The van der Waals surface area contributed by atoms with E-state index in [-0.39, 0.29) is 17.3 Å². The number of hydrogen-bond acceptors (Lipinski definition) is 4. The van der Waals surface area contributed by atoms with Gasteiger partial charge >= 0.3 is 5.69 Å². The van der Waals surface area contributed by atoms with E-state index in [1.165, 1.54) is 11.8 Å². The predicted molar refractivity (Wildman–Crippen MR) is 92.0 cm³/mol. The van der Waals surface area contributed by atoms with E-state index in [1.807, 2.05) is 31.2 Å². The lowest BCUT2D eigenvalue weighted by atomic mass is 9.98. The fraction of sp³-hybridized carbons (Fsp3) is 0.353. The lowest BCUT2D eigenvalue weighted by molar-refractivity contribution is -0.113. The zero-order valence-corrected chi connectivity index (χ0v) is 13.8. The highest BCUT2D eigenvalue weighted by molar-refractivity contribution is 8.00. The van der Waals surface area contributed by atoms with Crippen LogP contribution >= 0.6 is 11.8 Å². The van der Waals surface area contributed by atoms with Gasteiger partial charge in [0.25, 0.3) is 0 Å². The zero-order chi connectivity index (χ0) is 16.2. The summed E-state index contributed by atoms with van der Waals surface area (Å²) in [6, 6.07) is 7.67. The molecule has 0 saturated carbocycles. The number of aromatic amines is 1. The third-order valence-corrected chi connectivity index (χ3v) is 4.88. The van der Waals surface area contributed by atoms with Crippen LogP contribution in [0.2, 0.25) is 0 Å². The molecule has 0 bridgehead atoms. The van der Waals surface area contributed by atoms with Crippen LogP contribution in [0.5, 0.6) is 0 Å². The first-order chi connectivity index (χ1) is 11.1. The average molecular weight is 329 g/mol. The molecule has 0 atom stereocenters. The zero-order valence-electron chi connectivity index (χ0n) is 13.0. The molecule has 0 saturated heterocycles. The highest BCUT2D eigenvalue weighted by Crippen LogP contribution is 2.27.